The molecule has 2 atom stereocenters. The highest BCUT2D eigenvalue weighted by atomic mass is 19.1. The smallest absolute Gasteiger partial charge is 0.248 e. The third-order valence-electron chi connectivity index (χ3n) is 7.23. The van der Waals surface area contributed by atoms with Gasteiger partial charge in [-0.05, 0) is 55.8 Å². The number of halogens is 2. The van der Waals surface area contributed by atoms with E-state index in [2.05, 4.69) is 16.0 Å². The summed E-state index contributed by atoms with van der Waals surface area (Å²) in [7, 11) is 3.49. The summed E-state index contributed by atoms with van der Waals surface area (Å²) >= 11 is 0. The molecular formula is C32H43F2N5O3. The minimum atomic E-state index is -0.712. The predicted octanol–water partition coefficient (Wildman–Crippen LogP) is 3.70. The van der Waals surface area contributed by atoms with Crippen LogP contribution in [0, 0.1) is 17.0 Å². The first-order valence-electron chi connectivity index (χ1n) is 14.2. The van der Waals surface area contributed by atoms with Gasteiger partial charge in [-0.15, -0.1) is 0 Å². The van der Waals surface area contributed by atoms with Crippen molar-refractivity contribution in [3.05, 3.63) is 83.7 Å². The molecule has 0 radical (unpaired) electrons. The molecule has 2 amide bonds. The lowest BCUT2D eigenvalue weighted by Gasteiger charge is -2.41. The van der Waals surface area contributed by atoms with Gasteiger partial charge in [-0.25, -0.2) is 8.78 Å². The third kappa shape index (κ3) is 8.47. The van der Waals surface area contributed by atoms with Crippen LogP contribution in [0.25, 0.3) is 11.1 Å². The van der Waals surface area contributed by atoms with Gasteiger partial charge in [0.1, 0.15) is 18.2 Å². The number of benzene rings is 2. The minimum absolute atomic E-state index is 0.115. The molecule has 2 aromatic carbocycles. The number of aromatic nitrogens is 1. The van der Waals surface area contributed by atoms with Gasteiger partial charge in [-0.3, -0.25) is 9.59 Å². The van der Waals surface area contributed by atoms with Crippen LogP contribution in [0.2, 0.25) is 0 Å². The molecule has 0 spiro atoms. The van der Waals surface area contributed by atoms with Gasteiger partial charge in [0.2, 0.25) is 11.8 Å². The van der Waals surface area contributed by atoms with E-state index in [9.17, 15) is 23.5 Å². The Labute approximate surface area is 247 Å². The number of nitrogens with zero attached hydrogens (tertiary/aromatic N) is 2. The summed E-state index contributed by atoms with van der Waals surface area (Å²) in [5.41, 5.74) is 1.73. The monoisotopic (exact) mass is 583 g/mol. The molecule has 228 valence electrons. The number of hydrogen-bond acceptors (Lipinski definition) is 5. The van der Waals surface area contributed by atoms with Crippen LogP contribution in [0.1, 0.15) is 44.5 Å². The van der Waals surface area contributed by atoms with E-state index in [0.717, 1.165) is 23.8 Å². The summed E-state index contributed by atoms with van der Waals surface area (Å²) in [4.78, 5) is 27.7. The second-order valence-electron chi connectivity index (χ2n) is 11.4. The van der Waals surface area contributed by atoms with E-state index in [0.29, 0.717) is 37.3 Å². The summed E-state index contributed by atoms with van der Waals surface area (Å²) in [5, 5.41) is 18.9. The van der Waals surface area contributed by atoms with Crippen LogP contribution >= 0.6 is 0 Å². The maximum atomic E-state index is 14.9. The Morgan fingerprint density at radius 1 is 1.02 bits per heavy atom. The number of likely N-dealkylation sites (N-methyl/N-ethyl adjacent to an activating group) is 2. The molecule has 0 aliphatic carbocycles. The first-order chi connectivity index (χ1) is 20.0. The van der Waals surface area contributed by atoms with Gasteiger partial charge < -0.3 is 30.5 Å². The number of amides is 2. The van der Waals surface area contributed by atoms with Gasteiger partial charge in [0.05, 0.1) is 12.1 Å². The lowest BCUT2D eigenvalue weighted by molar-refractivity contribution is -0.140. The van der Waals surface area contributed by atoms with Gasteiger partial charge in [-0.1, -0.05) is 51.1 Å². The summed E-state index contributed by atoms with van der Waals surface area (Å²) < 4.78 is 31.1. The zero-order valence-electron chi connectivity index (χ0n) is 25.1. The largest absolute Gasteiger partial charge is 0.387 e. The summed E-state index contributed by atoms with van der Waals surface area (Å²) in [6.45, 7) is 6.92. The van der Waals surface area contributed by atoms with Gasteiger partial charge in [0, 0.05) is 49.2 Å². The highest BCUT2D eigenvalue weighted by Crippen LogP contribution is 2.41. The quantitative estimate of drug-likeness (QED) is 0.217. The molecule has 3 rings (SSSR count). The molecule has 1 aromatic heterocycles. The van der Waals surface area contributed by atoms with Crippen molar-refractivity contribution in [3.8, 4) is 11.1 Å². The summed E-state index contributed by atoms with van der Waals surface area (Å²) in [5.74, 6) is -1.80. The predicted molar refractivity (Wildman–Crippen MR) is 161 cm³/mol. The molecule has 10 heteroatoms. The lowest BCUT2D eigenvalue weighted by atomic mass is 9.82. The van der Waals surface area contributed by atoms with Crippen LogP contribution < -0.4 is 16.0 Å². The van der Waals surface area contributed by atoms with Crippen molar-refractivity contribution in [1.82, 2.24) is 25.4 Å². The van der Waals surface area contributed by atoms with Crippen molar-refractivity contribution in [1.29, 1.82) is 0 Å². The first-order valence-corrected chi connectivity index (χ1v) is 14.2. The number of nitrogens with one attached hydrogen (secondary N) is 3. The van der Waals surface area contributed by atoms with E-state index in [-0.39, 0.29) is 18.0 Å². The zero-order valence-corrected chi connectivity index (χ0v) is 25.1. The van der Waals surface area contributed by atoms with Crippen molar-refractivity contribution in [2.75, 3.05) is 40.3 Å². The minimum Gasteiger partial charge on any atom is -0.387 e. The maximum absolute atomic E-state index is 14.9. The molecule has 0 fully saturated rings. The van der Waals surface area contributed by atoms with Crippen molar-refractivity contribution >= 4 is 11.8 Å². The van der Waals surface area contributed by atoms with Crippen molar-refractivity contribution in [2.45, 2.75) is 45.8 Å². The Hall–Kier alpha value is -3.60. The first kappa shape index (κ1) is 32.9. The van der Waals surface area contributed by atoms with E-state index in [1.807, 2.05) is 55.7 Å². The molecule has 42 heavy (non-hydrogen) atoms. The summed E-state index contributed by atoms with van der Waals surface area (Å²) in [6.07, 6.45) is 2.07. The van der Waals surface area contributed by atoms with E-state index in [1.165, 1.54) is 0 Å². The van der Waals surface area contributed by atoms with Gasteiger partial charge >= 0.3 is 0 Å². The number of rotatable bonds is 14. The number of hydrogen-bond donors (Lipinski definition) is 4. The number of carbonyl (C=O) groups excluding carboxylic acids is 2. The normalized spacial score (nSPS) is 13.0. The number of aliphatic hydroxyl groups is 1. The SMILES string of the molecule is CNCCNC(=O)C(CCN(C(=O)CO)C(c1cc(-c2cc(F)ccc2F)cn1Cc1ccccc1)C(C)(C)C)NC. The second-order valence-corrected chi connectivity index (χ2v) is 11.4. The third-order valence-corrected chi connectivity index (χ3v) is 7.23. The summed E-state index contributed by atoms with van der Waals surface area (Å²) in [6, 6.07) is 13.7. The van der Waals surface area contributed by atoms with Gasteiger partial charge in [0.25, 0.3) is 0 Å². The Kier molecular flexibility index (Phi) is 11.8. The molecule has 8 nitrogen and oxygen atoms in total. The van der Waals surface area contributed by atoms with Crippen LogP contribution in [0.15, 0.2) is 60.8 Å². The molecule has 1 heterocycles. The average molecular weight is 584 g/mol. The van der Waals surface area contributed by atoms with Crippen LogP contribution in [0.5, 0.6) is 0 Å². The van der Waals surface area contributed by atoms with Crippen LogP contribution in [-0.2, 0) is 16.1 Å². The van der Waals surface area contributed by atoms with E-state index < -0.39 is 41.6 Å². The van der Waals surface area contributed by atoms with Crippen molar-refractivity contribution in [2.24, 2.45) is 5.41 Å². The van der Waals surface area contributed by atoms with E-state index >= 15 is 0 Å². The number of aliphatic hydroxyl groups excluding tert-OH is 1. The van der Waals surface area contributed by atoms with Crippen molar-refractivity contribution in [3.63, 3.8) is 0 Å². The van der Waals surface area contributed by atoms with E-state index in [4.69, 9.17) is 0 Å². The van der Waals surface area contributed by atoms with Crippen molar-refractivity contribution < 1.29 is 23.5 Å². The Morgan fingerprint density at radius 2 is 1.74 bits per heavy atom. The Balaban J connectivity index is 2.08. The molecular weight excluding hydrogens is 540 g/mol. The standard InChI is InChI=1S/C32H43F2N5O3/c1-32(2,3)30(39(29(41)21-40)16-13-27(36-5)31(42)37-15-14-35-4)28-17-23(25-18-24(33)11-12-26(25)34)20-38(28)19-22-9-7-6-8-10-22/h6-12,17-18,20,27,30,35-36,40H,13-16,19,21H2,1-5H3,(H,37,42). The van der Waals surface area contributed by atoms with Gasteiger partial charge in [0.15, 0.2) is 0 Å². The van der Waals surface area contributed by atoms with Crippen LogP contribution in [0.4, 0.5) is 8.78 Å². The topological polar surface area (TPSA) is 98.6 Å². The molecule has 0 aliphatic heterocycles. The molecule has 4 N–H and O–H groups in total. The fourth-order valence-electron chi connectivity index (χ4n) is 5.21. The molecule has 3 aromatic rings. The highest BCUT2D eigenvalue weighted by Gasteiger charge is 2.37. The molecule has 0 saturated heterocycles. The highest BCUT2D eigenvalue weighted by molar-refractivity contribution is 5.82. The van der Waals surface area contributed by atoms with Crippen LogP contribution in [-0.4, -0.2) is 72.8 Å². The van der Waals surface area contributed by atoms with Crippen LogP contribution in [0.3, 0.4) is 0 Å². The molecule has 0 saturated carbocycles. The molecule has 2 unspecified atom stereocenters. The fourth-order valence-corrected chi connectivity index (χ4v) is 5.21. The lowest BCUT2D eigenvalue weighted by Crippen LogP contribution is -2.49. The molecule has 0 bridgehead atoms. The van der Waals surface area contributed by atoms with E-state index in [1.54, 1.807) is 31.3 Å². The average Bonchev–Trinajstić information content (AvgIpc) is 3.35. The second kappa shape index (κ2) is 15.0. The number of carbonyl (C=O) groups is 2. The zero-order chi connectivity index (χ0) is 30.9. The Bertz CT molecular complexity index is 1320. The Morgan fingerprint density at radius 3 is 2.36 bits per heavy atom. The maximum Gasteiger partial charge on any atom is 0.248 e. The fraction of sp³-hybridized carbons (Fsp3) is 0.438. The molecule has 0 aliphatic rings. The van der Waals surface area contributed by atoms with Gasteiger partial charge in [-0.2, -0.15) is 0 Å².